The van der Waals surface area contributed by atoms with E-state index < -0.39 is 0 Å². The molecule has 1 heterocycles. The summed E-state index contributed by atoms with van der Waals surface area (Å²) in [7, 11) is 0. The monoisotopic (exact) mass is 216 g/mol. The highest BCUT2D eigenvalue weighted by Crippen LogP contribution is 2.20. The molecule has 1 aliphatic rings. The molecular weight excluding hydrogens is 192 g/mol. The molecule has 84 valence electrons. The minimum Gasteiger partial charge on any atom is -0.301 e. The zero-order valence-corrected chi connectivity index (χ0v) is 10.7. The lowest BCUT2D eigenvalue weighted by Gasteiger charge is -2.41. The Labute approximate surface area is 94.1 Å². The first-order valence-corrected chi connectivity index (χ1v) is 6.18. The van der Waals surface area contributed by atoms with Crippen molar-refractivity contribution in [3.63, 3.8) is 0 Å². The number of piperazine rings is 1. The Morgan fingerprint density at radius 1 is 1.14 bits per heavy atom. The molecule has 0 aromatic carbocycles. The van der Waals surface area contributed by atoms with Crippen LogP contribution in [0.2, 0.25) is 0 Å². The summed E-state index contributed by atoms with van der Waals surface area (Å²) >= 11 is 4.61. The summed E-state index contributed by atoms with van der Waals surface area (Å²) in [5.41, 5.74) is 0. The van der Waals surface area contributed by atoms with E-state index in [0.29, 0.717) is 0 Å². The van der Waals surface area contributed by atoms with Gasteiger partial charge in [0.25, 0.3) is 0 Å². The van der Waals surface area contributed by atoms with Gasteiger partial charge >= 0.3 is 0 Å². The van der Waals surface area contributed by atoms with Crippen LogP contribution in [0.25, 0.3) is 0 Å². The summed E-state index contributed by atoms with van der Waals surface area (Å²) in [4.78, 5) is 5.08. The molecule has 0 spiro atoms. The Kier molecular flexibility index (Phi) is 4.74. The van der Waals surface area contributed by atoms with E-state index in [1.54, 1.807) is 0 Å². The van der Waals surface area contributed by atoms with Gasteiger partial charge in [0.05, 0.1) is 4.87 Å². The molecule has 0 unspecified atom stereocenters. The number of hydrogen-bond donors (Lipinski definition) is 1. The minimum atomic E-state index is 0.0524. The Balaban J connectivity index is 2.24. The van der Waals surface area contributed by atoms with Crippen LogP contribution < -0.4 is 0 Å². The molecule has 14 heavy (non-hydrogen) atoms. The van der Waals surface area contributed by atoms with E-state index in [2.05, 4.69) is 43.2 Å². The normalized spacial score (nSPS) is 21.4. The Bertz CT molecular complexity index is 157. The van der Waals surface area contributed by atoms with Gasteiger partial charge in [-0.25, -0.2) is 0 Å². The standard InChI is InChI=1S/C11H24N2S/c1-4-5-6-12-7-9-13(10-8-12)11(2,3)14/h14H,4-10H2,1-3H3. The van der Waals surface area contributed by atoms with Crippen molar-refractivity contribution in [2.45, 2.75) is 38.5 Å². The van der Waals surface area contributed by atoms with Gasteiger partial charge in [0.2, 0.25) is 0 Å². The largest absolute Gasteiger partial charge is 0.301 e. The van der Waals surface area contributed by atoms with Gasteiger partial charge in [0, 0.05) is 26.2 Å². The molecule has 0 saturated carbocycles. The van der Waals surface area contributed by atoms with Crippen LogP contribution in [0.1, 0.15) is 33.6 Å². The van der Waals surface area contributed by atoms with Crippen LogP contribution in [0.3, 0.4) is 0 Å². The molecule has 0 radical (unpaired) electrons. The SMILES string of the molecule is CCCCN1CCN(C(C)(C)S)CC1. The van der Waals surface area contributed by atoms with Crippen molar-refractivity contribution in [3.05, 3.63) is 0 Å². The minimum absolute atomic E-state index is 0.0524. The lowest BCUT2D eigenvalue weighted by molar-refractivity contribution is 0.0953. The molecule has 0 aromatic heterocycles. The van der Waals surface area contributed by atoms with E-state index >= 15 is 0 Å². The van der Waals surface area contributed by atoms with Crippen LogP contribution >= 0.6 is 12.6 Å². The average Bonchev–Trinajstić information content (AvgIpc) is 2.14. The maximum atomic E-state index is 4.61. The third-order valence-electron chi connectivity index (χ3n) is 2.97. The first kappa shape index (κ1) is 12.3. The van der Waals surface area contributed by atoms with Crippen molar-refractivity contribution >= 4 is 12.6 Å². The fraction of sp³-hybridized carbons (Fsp3) is 1.00. The van der Waals surface area contributed by atoms with Crippen LogP contribution in [-0.2, 0) is 0 Å². The number of hydrogen-bond acceptors (Lipinski definition) is 3. The predicted molar refractivity (Wildman–Crippen MR) is 66.0 cm³/mol. The molecule has 2 nitrogen and oxygen atoms in total. The van der Waals surface area contributed by atoms with Crippen molar-refractivity contribution in [1.29, 1.82) is 0 Å². The van der Waals surface area contributed by atoms with E-state index in [1.165, 1.54) is 45.6 Å². The quantitative estimate of drug-likeness (QED) is 0.719. The highest BCUT2D eigenvalue weighted by atomic mass is 32.1. The summed E-state index contributed by atoms with van der Waals surface area (Å²) in [6.45, 7) is 12.6. The Hall–Kier alpha value is 0.270. The molecule has 1 rings (SSSR count). The molecular formula is C11H24N2S. The molecule has 1 saturated heterocycles. The summed E-state index contributed by atoms with van der Waals surface area (Å²) in [6, 6.07) is 0. The van der Waals surface area contributed by atoms with E-state index in [0.717, 1.165) is 0 Å². The van der Waals surface area contributed by atoms with Gasteiger partial charge < -0.3 is 4.90 Å². The maximum Gasteiger partial charge on any atom is 0.0584 e. The van der Waals surface area contributed by atoms with Crippen molar-refractivity contribution in [2.24, 2.45) is 0 Å². The van der Waals surface area contributed by atoms with Gasteiger partial charge in [-0.2, -0.15) is 12.6 Å². The molecule has 1 fully saturated rings. The summed E-state index contributed by atoms with van der Waals surface area (Å²) < 4.78 is 0. The van der Waals surface area contributed by atoms with Crippen LogP contribution in [0.5, 0.6) is 0 Å². The molecule has 0 aromatic rings. The van der Waals surface area contributed by atoms with E-state index in [1.807, 2.05) is 0 Å². The second kappa shape index (κ2) is 5.38. The summed E-state index contributed by atoms with van der Waals surface area (Å²) in [5.74, 6) is 0. The van der Waals surface area contributed by atoms with Gasteiger partial charge in [-0.05, 0) is 26.8 Å². The molecule has 3 heteroatoms. The second-order valence-electron chi connectivity index (χ2n) is 4.68. The smallest absolute Gasteiger partial charge is 0.0584 e. The molecule has 0 amide bonds. The van der Waals surface area contributed by atoms with Crippen LogP contribution in [0.4, 0.5) is 0 Å². The zero-order chi connectivity index (χ0) is 10.6. The van der Waals surface area contributed by atoms with Gasteiger partial charge in [-0.1, -0.05) is 13.3 Å². The van der Waals surface area contributed by atoms with Crippen molar-refractivity contribution in [3.8, 4) is 0 Å². The number of rotatable bonds is 4. The van der Waals surface area contributed by atoms with Crippen LogP contribution in [0.15, 0.2) is 0 Å². The lowest BCUT2D eigenvalue weighted by Crippen LogP contribution is -2.52. The second-order valence-corrected chi connectivity index (χ2v) is 5.77. The molecule has 0 bridgehead atoms. The lowest BCUT2D eigenvalue weighted by atomic mass is 10.2. The number of nitrogens with zero attached hydrogens (tertiary/aromatic N) is 2. The molecule has 0 atom stereocenters. The topological polar surface area (TPSA) is 6.48 Å². The first-order chi connectivity index (χ1) is 6.54. The Morgan fingerprint density at radius 3 is 2.14 bits per heavy atom. The van der Waals surface area contributed by atoms with E-state index in [4.69, 9.17) is 0 Å². The van der Waals surface area contributed by atoms with E-state index in [-0.39, 0.29) is 4.87 Å². The number of thiol groups is 1. The third kappa shape index (κ3) is 3.79. The fourth-order valence-corrected chi connectivity index (χ4v) is 2.10. The van der Waals surface area contributed by atoms with Crippen molar-refractivity contribution in [2.75, 3.05) is 32.7 Å². The molecule has 0 aliphatic carbocycles. The average molecular weight is 216 g/mol. The number of unbranched alkanes of at least 4 members (excludes halogenated alkanes) is 1. The fourth-order valence-electron chi connectivity index (χ4n) is 1.90. The van der Waals surface area contributed by atoms with Gasteiger partial charge in [-0.3, -0.25) is 4.90 Å². The first-order valence-electron chi connectivity index (χ1n) is 5.74. The molecule has 1 aliphatic heterocycles. The Morgan fingerprint density at radius 2 is 1.71 bits per heavy atom. The van der Waals surface area contributed by atoms with Crippen LogP contribution in [0, 0.1) is 0 Å². The van der Waals surface area contributed by atoms with Gasteiger partial charge in [-0.15, -0.1) is 0 Å². The predicted octanol–water partition coefficient (Wildman–Crippen LogP) is 2.07. The summed E-state index contributed by atoms with van der Waals surface area (Å²) in [6.07, 6.45) is 2.64. The zero-order valence-electron chi connectivity index (χ0n) is 9.79. The van der Waals surface area contributed by atoms with E-state index in [9.17, 15) is 0 Å². The maximum absolute atomic E-state index is 4.61. The third-order valence-corrected chi connectivity index (χ3v) is 3.26. The highest BCUT2D eigenvalue weighted by Gasteiger charge is 2.25. The van der Waals surface area contributed by atoms with Gasteiger partial charge in [0.1, 0.15) is 0 Å². The van der Waals surface area contributed by atoms with Gasteiger partial charge in [0.15, 0.2) is 0 Å². The van der Waals surface area contributed by atoms with Crippen molar-refractivity contribution < 1.29 is 0 Å². The summed E-state index contributed by atoms with van der Waals surface area (Å²) in [5, 5.41) is 0. The van der Waals surface area contributed by atoms with Crippen molar-refractivity contribution in [1.82, 2.24) is 9.80 Å². The molecule has 0 N–H and O–H groups in total. The highest BCUT2D eigenvalue weighted by molar-refractivity contribution is 7.81. The van der Waals surface area contributed by atoms with Crippen LogP contribution in [-0.4, -0.2) is 47.4 Å².